The second-order valence-electron chi connectivity index (χ2n) is 3.48. The van der Waals surface area contributed by atoms with Gasteiger partial charge in [0.1, 0.15) is 6.04 Å². The van der Waals surface area contributed by atoms with Gasteiger partial charge >= 0.3 is 0 Å². The number of nitrogens with zero attached hydrogens (tertiary/aromatic N) is 2. The lowest BCUT2D eigenvalue weighted by molar-refractivity contribution is 0.560. The zero-order chi connectivity index (χ0) is 11.1. The Balaban J connectivity index is 2.39. The van der Waals surface area contributed by atoms with E-state index in [1.165, 1.54) is 0 Å². The lowest BCUT2D eigenvalue weighted by Gasteiger charge is -2.13. The van der Waals surface area contributed by atoms with Gasteiger partial charge in [0.25, 0.3) is 0 Å². The van der Waals surface area contributed by atoms with Crippen molar-refractivity contribution in [3.63, 3.8) is 0 Å². The van der Waals surface area contributed by atoms with Gasteiger partial charge < -0.3 is 0 Å². The molecule has 15 heavy (non-hydrogen) atoms. The van der Waals surface area contributed by atoms with Crippen LogP contribution in [0.3, 0.4) is 0 Å². The minimum atomic E-state index is -0.114. The molecule has 1 heterocycles. The van der Waals surface area contributed by atoms with Gasteiger partial charge in [-0.1, -0.05) is 6.07 Å². The zero-order valence-electron chi connectivity index (χ0n) is 8.97. The maximum absolute atomic E-state index is 8.91. The highest BCUT2D eigenvalue weighted by Gasteiger charge is 2.08. The number of hydrogen-bond acceptors (Lipinski definition) is 4. The van der Waals surface area contributed by atoms with Crippen LogP contribution < -0.4 is 5.32 Å². The molecule has 1 unspecified atom stereocenters. The summed E-state index contributed by atoms with van der Waals surface area (Å²) in [5.74, 6) is 0.728. The van der Waals surface area contributed by atoms with Crippen LogP contribution in [0.4, 0.5) is 0 Å². The van der Waals surface area contributed by atoms with Crippen LogP contribution in [-0.4, -0.2) is 22.8 Å². The Morgan fingerprint density at radius 3 is 2.87 bits per heavy atom. The molecule has 0 spiro atoms. The van der Waals surface area contributed by atoms with Gasteiger partial charge in [-0.05, 0) is 26.0 Å². The van der Waals surface area contributed by atoms with Crippen LogP contribution in [0.5, 0.6) is 0 Å². The van der Waals surface area contributed by atoms with E-state index in [0.717, 1.165) is 10.8 Å². The molecular weight excluding hydrogens is 206 g/mol. The highest BCUT2D eigenvalue weighted by Crippen LogP contribution is 2.14. The Hall–Kier alpha value is -1.05. The fourth-order valence-corrected chi connectivity index (χ4v) is 1.94. The minimum Gasteiger partial charge on any atom is -0.299 e. The molecule has 3 nitrogen and oxygen atoms in total. The topological polar surface area (TPSA) is 48.7 Å². The molecule has 0 aliphatic heterocycles. The van der Waals surface area contributed by atoms with Crippen molar-refractivity contribution in [1.29, 1.82) is 5.26 Å². The summed E-state index contributed by atoms with van der Waals surface area (Å²) in [5.41, 5.74) is 0. The van der Waals surface area contributed by atoms with Crippen molar-refractivity contribution in [3.05, 3.63) is 24.4 Å². The number of pyridine rings is 1. The first-order chi connectivity index (χ1) is 7.22. The van der Waals surface area contributed by atoms with Crippen molar-refractivity contribution in [3.8, 4) is 6.07 Å². The van der Waals surface area contributed by atoms with Crippen LogP contribution in [-0.2, 0) is 0 Å². The summed E-state index contributed by atoms with van der Waals surface area (Å²) in [4.78, 5) is 4.19. The average Bonchev–Trinajstić information content (AvgIpc) is 2.25. The molecule has 1 rings (SSSR count). The van der Waals surface area contributed by atoms with Gasteiger partial charge in [-0.3, -0.25) is 5.32 Å². The largest absolute Gasteiger partial charge is 0.299 e. The predicted molar refractivity (Wildman–Crippen MR) is 62.6 cm³/mol. The molecule has 0 saturated heterocycles. The Morgan fingerprint density at radius 2 is 2.33 bits per heavy atom. The summed E-state index contributed by atoms with van der Waals surface area (Å²) in [6.07, 6.45) is 1.76. The van der Waals surface area contributed by atoms with Crippen LogP contribution in [0, 0.1) is 11.3 Å². The molecule has 0 fully saturated rings. The van der Waals surface area contributed by atoms with E-state index in [1.54, 1.807) is 18.0 Å². The van der Waals surface area contributed by atoms with Crippen LogP contribution >= 0.6 is 11.8 Å². The summed E-state index contributed by atoms with van der Waals surface area (Å²) in [6, 6.07) is 8.25. The molecule has 1 aromatic heterocycles. The van der Waals surface area contributed by atoms with Crippen molar-refractivity contribution in [2.75, 3.05) is 5.75 Å². The van der Waals surface area contributed by atoms with E-state index in [1.807, 2.05) is 32.0 Å². The number of rotatable bonds is 5. The third-order valence-corrected chi connectivity index (χ3v) is 2.76. The minimum absolute atomic E-state index is 0.114. The van der Waals surface area contributed by atoms with Gasteiger partial charge in [0, 0.05) is 18.0 Å². The fourth-order valence-electron chi connectivity index (χ4n) is 1.13. The first kappa shape index (κ1) is 12.0. The van der Waals surface area contributed by atoms with Crippen LogP contribution in [0.15, 0.2) is 29.4 Å². The Morgan fingerprint density at radius 1 is 1.53 bits per heavy atom. The summed E-state index contributed by atoms with van der Waals surface area (Å²) in [6.45, 7) is 4.07. The molecule has 0 saturated carbocycles. The van der Waals surface area contributed by atoms with Crippen molar-refractivity contribution in [2.24, 2.45) is 0 Å². The predicted octanol–water partition coefficient (Wildman–Crippen LogP) is 2.06. The van der Waals surface area contributed by atoms with Gasteiger partial charge in [0.15, 0.2) is 0 Å². The first-order valence-electron chi connectivity index (χ1n) is 4.92. The Kier molecular flexibility index (Phi) is 5.16. The molecule has 0 aliphatic carbocycles. The molecule has 0 bridgehead atoms. The highest BCUT2D eigenvalue weighted by atomic mass is 32.2. The van der Waals surface area contributed by atoms with Crippen LogP contribution in [0.1, 0.15) is 13.8 Å². The quantitative estimate of drug-likeness (QED) is 0.773. The molecule has 0 amide bonds. The summed E-state index contributed by atoms with van der Waals surface area (Å²) < 4.78 is 0. The Bertz CT molecular complexity index is 318. The van der Waals surface area contributed by atoms with Crippen molar-refractivity contribution in [1.82, 2.24) is 10.3 Å². The first-order valence-corrected chi connectivity index (χ1v) is 5.90. The summed E-state index contributed by atoms with van der Waals surface area (Å²) >= 11 is 1.60. The van der Waals surface area contributed by atoms with E-state index >= 15 is 0 Å². The maximum Gasteiger partial charge on any atom is 0.105 e. The third-order valence-electron chi connectivity index (χ3n) is 1.73. The molecule has 1 N–H and O–H groups in total. The molecule has 1 atom stereocenters. The maximum atomic E-state index is 8.91. The number of nitrogens with one attached hydrogen (secondary N) is 1. The molecular formula is C11H15N3S. The number of aromatic nitrogens is 1. The van der Waals surface area contributed by atoms with Crippen molar-refractivity contribution >= 4 is 11.8 Å². The summed E-state index contributed by atoms with van der Waals surface area (Å²) in [5, 5.41) is 13.1. The lowest BCUT2D eigenvalue weighted by Crippen LogP contribution is -2.35. The summed E-state index contributed by atoms with van der Waals surface area (Å²) in [7, 11) is 0. The Labute approximate surface area is 94.9 Å². The third kappa shape index (κ3) is 4.82. The van der Waals surface area contributed by atoms with Crippen molar-refractivity contribution in [2.45, 2.75) is 31.0 Å². The molecule has 0 aromatic carbocycles. The van der Waals surface area contributed by atoms with E-state index in [0.29, 0.717) is 6.04 Å². The van der Waals surface area contributed by atoms with Gasteiger partial charge in [-0.25, -0.2) is 4.98 Å². The van der Waals surface area contributed by atoms with Crippen LogP contribution in [0.2, 0.25) is 0 Å². The average molecular weight is 221 g/mol. The van der Waals surface area contributed by atoms with E-state index < -0.39 is 0 Å². The fraction of sp³-hybridized carbons (Fsp3) is 0.455. The second-order valence-corrected chi connectivity index (χ2v) is 4.52. The van der Waals surface area contributed by atoms with Gasteiger partial charge in [0.2, 0.25) is 0 Å². The smallest absolute Gasteiger partial charge is 0.105 e. The SMILES string of the molecule is CC(C)NC(C#N)CSc1ccccn1. The number of hydrogen-bond donors (Lipinski definition) is 1. The molecule has 1 aromatic rings. The van der Waals surface area contributed by atoms with Gasteiger partial charge in [0.05, 0.1) is 11.1 Å². The van der Waals surface area contributed by atoms with Gasteiger partial charge in [-0.2, -0.15) is 5.26 Å². The molecule has 0 radical (unpaired) electrons. The number of nitriles is 1. The zero-order valence-corrected chi connectivity index (χ0v) is 9.79. The van der Waals surface area contributed by atoms with E-state index in [2.05, 4.69) is 16.4 Å². The van der Waals surface area contributed by atoms with Crippen molar-refractivity contribution < 1.29 is 0 Å². The lowest BCUT2D eigenvalue weighted by atomic mass is 10.3. The highest BCUT2D eigenvalue weighted by molar-refractivity contribution is 7.99. The normalized spacial score (nSPS) is 12.4. The molecule has 80 valence electrons. The van der Waals surface area contributed by atoms with E-state index in [4.69, 9.17) is 5.26 Å². The van der Waals surface area contributed by atoms with E-state index in [-0.39, 0.29) is 6.04 Å². The van der Waals surface area contributed by atoms with E-state index in [9.17, 15) is 0 Å². The standard InChI is InChI=1S/C11H15N3S/c1-9(2)14-10(7-12)8-15-11-5-3-4-6-13-11/h3-6,9-10,14H,8H2,1-2H3. The number of thioether (sulfide) groups is 1. The second kappa shape index (κ2) is 6.44. The molecule has 0 aliphatic rings. The molecule has 4 heteroatoms. The van der Waals surface area contributed by atoms with Crippen LogP contribution in [0.25, 0.3) is 0 Å². The van der Waals surface area contributed by atoms with Gasteiger partial charge in [-0.15, -0.1) is 11.8 Å². The monoisotopic (exact) mass is 221 g/mol.